The molecule has 0 saturated carbocycles. The lowest BCUT2D eigenvalue weighted by Crippen LogP contribution is -2.32. The van der Waals surface area contributed by atoms with E-state index in [-0.39, 0.29) is 18.7 Å². The zero-order chi connectivity index (χ0) is 21.4. The second kappa shape index (κ2) is 8.38. The number of nitrogens with one attached hydrogen (secondary N) is 1. The van der Waals surface area contributed by atoms with E-state index in [1.165, 1.54) is 0 Å². The highest BCUT2D eigenvalue weighted by atomic mass is 35.5. The first-order chi connectivity index (χ1) is 14.4. The van der Waals surface area contributed by atoms with Crippen molar-refractivity contribution in [3.8, 4) is 5.69 Å². The fraction of sp³-hybridized carbons (Fsp3) is 0.304. The standard InChI is InChI=1S/C23H25ClN4OS/c1-14-7-8-17(24)13-20(14)28-15(2)12-18(16(28)3)22-21(19-6-4-5-9-25-19)26-23(30)27(22)10-11-29/h4-9,12-13,21-22,29H,10-11H2,1-3H3,(H,26,30)/t21-,22-/m1/s1. The van der Waals surface area contributed by atoms with Gasteiger partial charge in [-0.05, 0) is 74.4 Å². The third-order valence-electron chi connectivity index (χ3n) is 5.74. The first-order valence-corrected chi connectivity index (χ1v) is 10.7. The molecule has 1 aliphatic rings. The number of benzene rings is 1. The van der Waals surface area contributed by atoms with Crippen molar-refractivity contribution in [1.82, 2.24) is 19.8 Å². The summed E-state index contributed by atoms with van der Waals surface area (Å²) in [4.78, 5) is 6.63. The predicted octanol–water partition coefficient (Wildman–Crippen LogP) is 4.42. The van der Waals surface area contributed by atoms with Crippen molar-refractivity contribution in [1.29, 1.82) is 0 Å². The number of β-amino-alcohol motifs (C(OH)–C–C–N with tert-alkyl or cyclic N) is 1. The summed E-state index contributed by atoms with van der Waals surface area (Å²) in [7, 11) is 0. The number of aliphatic hydroxyl groups excluding tert-OH is 1. The topological polar surface area (TPSA) is 53.3 Å². The van der Waals surface area contributed by atoms with Crippen LogP contribution in [0.4, 0.5) is 0 Å². The van der Waals surface area contributed by atoms with E-state index in [1.54, 1.807) is 6.20 Å². The van der Waals surface area contributed by atoms with Crippen LogP contribution >= 0.6 is 23.8 Å². The Morgan fingerprint density at radius 1 is 1.17 bits per heavy atom. The van der Waals surface area contributed by atoms with E-state index in [0.717, 1.165) is 33.9 Å². The van der Waals surface area contributed by atoms with Crippen molar-refractivity contribution in [2.75, 3.05) is 13.2 Å². The summed E-state index contributed by atoms with van der Waals surface area (Å²) in [6.45, 7) is 6.80. The maximum absolute atomic E-state index is 9.68. The lowest BCUT2D eigenvalue weighted by molar-refractivity contribution is 0.223. The monoisotopic (exact) mass is 440 g/mol. The Labute approximate surface area is 187 Å². The Morgan fingerprint density at radius 3 is 2.67 bits per heavy atom. The lowest BCUT2D eigenvalue weighted by Gasteiger charge is -2.27. The summed E-state index contributed by atoms with van der Waals surface area (Å²) >= 11 is 11.9. The predicted molar refractivity (Wildman–Crippen MR) is 124 cm³/mol. The zero-order valence-corrected chi connectivity index (χ0v) is 18.8. The van der Waals surface area contributed by atoms with Gasteiger partial charge in [0.25, 0.3) is 0 Å². The molecule has 2 atom stereocenters. The Bertz CT molecular complexity index is 1080. The summed E-state index contributed by atoms with van der Waals surface area (Å²) in [5, 5.41) is 14.4. The van der Waals surface area contributed by atoms with Gasteiger partial charge in [-0.25, -0.2) is 0 Å². The molecular weight excluding hydrogens is 416 g/mol. The average molecular weight is 441 g/mol. The molecule has 0 radical (unpaired) electrons. The van der Waals surface area contributed by atoms with Gasteiger partial charge in [0.1, 0.15) is 0 Å². The molecule has 0 unspecified atom stereocenters. The number of pyridine rings is 1. The Balaban J connectivity index is 1.86. The molecule has 7 heteroatoms. The normalized spacial score (nSPS) is 18.7. The highest BCUT2D eigenvalue weighted by molar-refractivity contribution is 7.80. The summed E-state index contributed by atoms with van der Waals surface area (Å²) in [5.41, 5.74) is 6.55. The highest BCUT2D eigenvalue weighted by Gasteiger charge is 2.41. The van der Waals surface area contributed by atoms with Crippen molar-refractivity contribution in [2.24, 2.45) is 0 Å². The molecule has 0 aliphatic carbocycles. The van der Waals surface area contributed by atoms with Gasteiger partial charge < -0.3 is 19.9 Å². The number of hydrogen-bond donors (Lipinski definition) is 2. The average Bonchev–Trinajstić information content (AvgIpc) is 3.21. The zero-order valence-electron chi connectivity index (χ0n) is 17.3. The molecule has 1 aliphatic heterocycles. The summed E-state index contributed by atoms with van der Waals surface area (Å²) in [6, 6.07) is 13.9. The highest BCUT2D eigenvalue weighted by Crippen LogP contribution is 2.41. The van der Waals surface area contributed by atoms with Crippen LogP contribution in [0.2, 0.25) is 5.02 Å². The van der Waals surface area contributed by atoms with E-state index in [0.29, 0.717) is 16.7 Å². The Morgan fingerprint density at radius 2 is 1.97 bits per heavy atom. The quantitative estimate of drug-likeness (QED) is 0.575. The van der Waals surface area contributed by atoms with Gasteiger partial charge >= 0.3 is 0 Å². The summed E-state index contributed by atoms with van der Waals surface area (Å²) < 4.78 is 2.24. The molecular formula is C23H25ClN4OS. The molecule has 5 nitrogen and oxygen atoms in total. The minimum absolute atomic E-state index is 0.0272. The van der Waals surface area contributed by atoms with E-state index < -0.39 is 0 Å². The van der Waals surface area contributed by atoms with Crippen molar-refractivity contribution in [3.63, 3.8) is 0 Å². The molecule has 0 spiro atoms. The SMILES string of the molecule is Cc1ccc(Cl)cc1-n1c(C)cc([C@@H]2[C@@H](c3ccccn3)NC(=S)N2CCO)c1C. The van der Waals surface area contributed by atoms with Gasteiger partial charge in [0.2, 0.25) is 0 Å². The van der Waals surface area contributed by atoms with Gasteiger partial charge in [-0.15, -0.1) is 0 Å². The minimum atomic E-state index is -0.0975. The van der Waals surface area contributed by atoms with E-state index in [4.69, 9.17) is 23.8 Å². The van der Waals surface area contributed by atoms with Gasteiger partial charge in [0.05, 0.1) is 24.4 Å². The second-order valence-electron chi connectivity index (χ2n) is 7.64. The van der Waals surface area contributed by atoms with Crippen LogP contribution in [0.15, 0.2) is 48.7 Å². The van der Waals surface area contributed by atoms with Crippen molar-refractivity contribution < 1.29 is 5.11 Å². The fourth-order valence-electron chi connectivity index (χ4n) is 4.37. The Kier molecular flexibility index (Phi) is 5.82. The van der Waals surface area contributed by atoms with Crippen LogP contribution < -0.4 is 5.32 Å². The first-order valence-electron chi connectivity index (χ1n) is 9.96. The van der Waals surface area contributed by atoms with Gasteiger partial charge in [0, 0.05) is 34.8 Å². The number of aromatic nitrogens is 2. The molecule has 2 N–H and O–H groups in total. The number of rotatable bonds is 5. The smallest absolute Gasteiger partial charge is 0.170 e. The summed E-state index contributed by atoms with van der Waals surface area (Å²) in [6.07, 6.45) is 1.80. The number of aliphatic hydroxyl groups is 1. The number of nitrogens with zero attached hydrogens (tertiary/aromatic N) is 3. The summed E-state index contributed by atoms with van der Waals surface area (Å²) in [5.74, 6) is 0. The van der Waals surface area contributed by atoms with E-state index in [1.807, 2.05) is 36.4 Å². The molecule has 4 rings (SSSR count). The van der Waals surface area contributed by atoms with Gasteiger partial charge in [-0.1, -0.05) is 23.7 Å². The van der Waals surface area contributed by atoms with Gasteiger partial charge in [-0.2, -0.15) is 0 Å². The number of halogens is 1. The Hall–Kier alpha value is -2.41. The fourth-order valence-corrected chi connectivity index (χ4v) is 4.87. The molecule has 1 aromatic carbocycles. The van der Waals surface area contributed by atoms with Gasteiger partial charge in [-0.3, -0.25) is 4.98 Å². The molecule has 1 fully saturated rings. The third-order valence-corrected chi connectivity index (χ3v) is 6.33. The third kappa shape index (κ3) is 3.60. The van der Waals surface area contributed by atoms with Crippen LogP contribution in [0, 0.1) is 20.8 Å². The van der Waals surface area contributed by atoms with E-state index in [9.17, 15) is 5.11 Å². The van der Waals surface area contributed by atoms with Crippen LogP contribution in [-0.2, 0) is 0 Å². The molecule has 3 heterocycles. The molecule has 3 aromatic rings. The molecule has 0 bridgehead atoms. The molecule has 30 heavy (non-hydrogen) atoms. The molecule has 0 amide bonds. The number of aryl methyl sites for hydroxylation is 2. The maximum atomic E-state index is 9.68. The molecule has 2 aromatic heterocycles. The van der Waals surface area contributed by atoms with Crippen molar-refractivity contribution >= 4 is 28.9 Å². The largest absolute Gasteiger partial charge is 0.395 e. The number of hydrogen-bond acceptors (Lipinski definition) is 3. The van der Waals surface area contributed by atoms with Crippen LogP contribution in [-0.4, -0.2) is 37.8 Å². The van der Waals surface area contributed by atoms with Crippen LogP contribution in [0.25, 0.3) is 5.69 Å². The minimum Gasteiger partial charge on any atom is -0.395 e. The van der Waals surface area contributed by atoms with Crippen molar-refractivity contribution in [2.45, 2.75) is 32.9 Å². The lowest BCUT2D eigenvalue weighted by atomic mass is 9.97. The maximum Gasteiger partial charge on any atom is 0.170 e. The van der Waals surface area contributed by atoms with Crippen LogP contribution in [0.3, 0.4) is 0 Å². The van der Waals surface area contributed by atoms with Crippen molar-refractivity contribution in [3.05, 3.63) is 81.9 Å². The number of thiocarbonyl (C=S) groups is 1. The van der Waals surface area contributed by atoms with E-state index >= 15 is 0 Å². The molecule has 156 valence electrons. The second-order valence-corrected chi connectivity index (χ2v) is 8.46. The van der Waals surface area contributed by atoms with Crippen LogP contribution in [0.1, 0.15) is 40.3 Å². The van der Waals surface area contributed by atoms with E-state index in [2.05, 4.69) is 46.6 Å². The first kappa shape index (κ1) is 20.8. The van der Waals surface area contributed by atoms with Crippen LogP contribution in [0.5, 0.6) is 0 Å². The van der Waals surface area contributed by atoms with Gasteiger partial charge in [0.15, 0.2) is 5.11 Å². The molecule has 1 saturated heterocycles.